The van der Waals surface area contributed by atoms with E-state index < -0.39 is 5.91 Å². The Morgan fingerprint density at radius 2 is 1.83 bits per heavy atom. The predicted octanol–water partition coefficient (Wildman–Crippen LogP) is 4.61. The van der Waals surface area contributed by atoms with Crippen LogP contribution in [0.2, 0.25) is 10.0 Å². The van der Waals surface area contributed by atoms with E-state index in [9.17, 15) is 10.1 Å². The van der Waals surface area contributed by atoms with E-state index in [0.29, 0.717) is 15.7 Å². The van der Waals surface area contributed by atoms with Gasteiger partial charge in [0, 0.05) is 24.8 Å². The smallest absolute Gasteiger partial charge is 0.266 e. The maximum atomic E-state index is 12.3. The van der Waals surface area contributed by atoms with E-state index in [1.165, 1.54) is 12.1 Å². The van der Waals surface area contributed by atoms with E-state index in [0.717, 1.165) is 11.3 Å². The molecule has 2 rings (SSSR count). The van der Waals surface area contributed by atoms with E-state index in [1.54, 1.807) is 12.1 Å². The van der Waals surface area contributed by atoms with Gasteiger partial charge in [0.05, 0.1) is 10.7 Å². The van der Waals surface area contributed by atoms with Gasteiger partial charge in [0.1, 0.15) is 11.6 Å². The third-order valence-corrected chi connectivity index (χ3v) is 3.81. The van der Waals surface area contributed by atoms with Gasteiger partial charge in [-0.3, -0.25) is 4.79 Å². The van der Waals surface area contributed by atoms with E-state index in [4.69, 9.17) is 23.2 Å². The van der Waals surface area contributed by atoms with Crippen molar-refractivity contribution >= 4 is 46.6 Å². The second kappa shape index (κ2) is 7.87. The Labute approximate surface area is 150 Å². The summed E-state index contributed by atoms with van der Waals surface area (Å²) in [5, 5.41) is 12.6. The minimum absolute atomic E-state index is 0.0152. The number of nitrogens with zero attached hydrogens (tertiary/aromatic N) is 2. The number of nitriles is 1. The number of rotatable bonds is 4. The summed E-state index contributed by atoms with van der Waals surface area (Å²) in [5.74, 6) is -0.529. The van der Waals surface area contributed by atoms with Crippen molar-refractivity contribution in [2.45, 2.75) is 0 Å². The Balaban J connectivity index is 2.20. The van der Waals surface area contributed by atoms with Crippen LogP contribution in [0.5, 0.6) is 0 Å². The van der Waals surface area contributed by atoms with E-state index in [2.05, 4.69) is 5.32 Å². The molecule has 0 aliphatic carbocycles. The largest absolute Gasteiger partial charge is 0.378 e. The van der Waals surface area contributed by atoms with Crippen LogP contribution in [0, 0.1) is 11.3 Å². The minimum Gasteiger partial charge on any atom is -0.378 e. The molecule has 0 spiro atoms. The zero-order chi connectivity index (χ0) is 17.7. The highest BCUT2D eigenvalue weighted by atomic mass is 35.5. The van der Waals surface area contributed by atoms with Gasteiger partial charge < -0.3 is 10.2 Å². The monoisotopic (exact) mass is 359 g/mol. The first-order valence-corrected chi connectivity index (χ1v) is 7.82. The maximum absolute atomic E-state index is 12.3. The molecule has 0 saturated heterocycles. The van der Waals surface area contributed by atoms with Crippen LogP contribution in [0.25, 0.3) is 6.08 Å². The summed E-state index contributed by atoms with van der Waals surface area (Å²) in [6.07, 6.45) is 1.53. The summed E-state index contributed by atoms with van der Waals surface area (Å²) in [6.45, 7) is 0. The number of benzene rings is 2. The zero-order valence-electron chi connectivity index (χ0n) is 13.2. The van der Waals surface area contributed by atoms with Gasteiger partial charge in [0.15, 0.2) is 0 Å². The van der Waals surface area contributed by atoms with Crippen molar-refractivity contribution in [2.75, 3.05) is 24.3 Å². The number of hydrogen-bond acceptors (Lipinski definition) is 3. The number of hydrogen-bond donors (Lipinski definition) is 1. The summed E-state index contributed by atoms with van der Waals surface area (Å²) in [5.41, 5.74) is 2.17. The van der Waals surface area contributed by atoms with Crippen molar-refractivity contribution in [1.82, 2.24) is 0 Å². The molecule has 2 aromatic rings. The molecule has 0 unspecified atom stereocenters. The number of carbonyl (C=O) groups excluding carboxylic acids is 1. The van der Waals surface area contributed by atoms with Crippen LogP contribution in [-0.4, -0.2) is 20.0 Å². The molecule has 1 N–H and O–H groups in total. The van der Waals surface area contributed by atoms with Crippen molar-refractivity contribution in [2.24, 2.45) is 0 Å². The number of halogens is 2. The number of amides is 1. The van der Waals surface area contributed by atoms with Gasteiger partial charge in [-0.05, 0) is 42.0 Å². The van der Waals surface area contributed by atoms with Crippen LogP contribution < -0.4 is 10.2 Å². The van der Waals surface area contributed by atoms with Crippen LogP contribution in [-0.2, 0) is 4.79 Å². The number of anilines is 2. The maximum Gasteiger partial charge on any atom is 0.266 e. The highest BCUT2D eigenvalue weighted by molar-refractivity contribution is 6.36. The lowest BCUT2D eigenvalue weighted by Gasteiger charge is -2.12. The van der Waals surface area contributed by atoms with Crippen LogP contribution >= 0.6 is 23.2 Å². The quantitative estimate of drug-likeness (QED) is 0.640. The van der Waals surface area contributed by atoms with Crippen LogP contribution in [0.15, 0.2) is 48.0 Å². The van der Waals surface area contributed by atoms with Crippen LogP contribution in [0.1, 0.15) is 5.56 Å². The molecule has 0 aliphatic heterocycles. The molecule has 0 atom stereocenters. The Morgan fingerprint density at radius 3 is 2.38 bits per heavy atom. The molecule has 0 saturated carbocycles. The van der Waals surface area contributed by atoms with Gasteiger partial charge in [-0.15, -0.1) is 0 Å². The third kappa shape index (κ3) is 4.51. The fourth-order valence-electron chi connectivity index (χ4n) is 1.96. The topological polar surface area (TPSA) is 56.1 Å². The van der Waals surface area contributed by atoms with E-state index in [-0.39, 0.29) is 5.57 Å². The number of nitrogens with one attached hydrogen (secondary N) is 1. The first-order chi connectivity index (χ1) is 11.4. The van der Waals surface area contributed by atoms with Crippen molar-refractivity contribution in [3.8, 4) is 6.07 Å². The van der Waals surface area contributed by atoms with E-state index in [1.807, 2.05) is 49.3 Å². The van der Waals surface area contributed by atoms with Gasteiger partial charge in [-0.2, -0.15) is 5.26 Å². The second-order valence-electron chi connectivity index (χ2n) is 5.23. The van der Waals surface area contributed by atoms with Crippen molar-refractivity contribution < 1.29 is 4.79 Å². The zero-order valence-corrected chi connectivity index (χ0v) is 14.7. The predicted molar refractivity (Wildman–Crippen MR) is 99.5 cm³/mol. The average Bonchev–Trinajstić information content (AvgIpc) is 2.55. The van der Waals surface area contributed by atoms with Gasteiger partial charge in [-0.25, -0.2) is 0 Å². The van der Waals surface area contributed by atoms with Gasteiger partial charge in [0.2, 0.25) is 0 Å². The first-order valence-electron chi connectivity index (χ1n) is 7.06. The molecule has 0 fully saturated rings. The lowest BCUT2D eigenvalue weighted by atomic mass is 10.1. The molecule has 4 nitrogen and oxygen atoms in total. The van der Waals surface area contributed by atoms with Crippen LogP contribution in [0.4, 0.5) is 11.4 Å². The molecule has 0 aromatic heterocycles. The standard InChI is InChI=1S/C18H15Cl2N3O/c1-23(2)15-6-3-12(4-7-15)9-13(11-21)18(24)22-17-8-5-14(19)10-16(17)20/h3-10H,1-2H3,(H,22,24)/b13-9+. The lowest BCUT2D eigenvalue weighted by Crippen LogP contribution is -2.13. The van der Waals surface area contributed by atoms with E-state index >= 15 is 0 Å². The third-order valence-electron chi connectivity index (χ3n) is 3.26. The van der Waals surface area contributed by atoms with Crippen molar-refractivity contribution in [3.63, 3.8) is 0 Å². The Bertz CT molecular complexity index is 821. The molecule has 0 heterocycles. The molecule has 0 radical (unpaired) electrons. The fraction of sp³-hybridized carbons (Fsp3) is 0.111. The first kappa shape index (κ1) is 17.9. The van der Waals surface area contributed by atoms with Gasteiger partial charge in [0.25, 0.3) is 5.91 Å². The summed E-state index contributed by atoms with van der Waals surface area (Å²) >= 11 is 11.8. The summed E-state index contributed by atoms with van der Waals surface area (Å²) in [4.78, 5) is 14.2. The van der Waals surface area contributed by atoms with Gasteiger partial charge >= 0.3 is 0 Å². The lowest BCUT2D eigenvalue weighted by molar-refractivity contribution is -0.112. The highest BCUT2D eigenvalue weighted by Gasteiger charge is 2.11. The molecule has 122 valence electrons. The molecular weight excluding hydrogens is 345 g/mol. The van der Waals surface area contributed by atoms with Crippen LogP contribution in [0.3, 0.4) is 0 Å². The molecule has 24 heavy (non-hydrogen) atoms. The molecule has 0 aliphatic rings. The summed E-state index contributed by atoms with van der Waals surface area (Å²) in [7, 11) is 3.88. The molecule has 2 aromatic carbocycles. The van der Waals surface area contributed by atoms with Crippen molar-refractivity contribution in [1.29, 1.82) is 5.26 Å². The molecule has 1 amide bonds. The Kier molecular flexibility index (Phi) is 5.86. The summed E-state index contributed by atoms with van der Waals surface area (Å²) < 4.78 is 0. The normalized spacial score (nSPS) is 10.9. The Hall–Kier alpha value is -2.48. The second-order valence-corrected chi connectivity index (χ2v) is 6.08. The summed E-state index contributed by atoms with van der Waals surface area (Å²) in [6, 6.07) is 14.1. The van der Waals surface area contributed by atoms with Crippen molar-refractivity contribution in [3.05, 3.63) is 63.6 Å². The fourth-order valence-corrected chi connectivity index (χ4v) is 2.42. The minimum atomic E-state index is -0.529. The highest BCUT2D eigenvalue weighted by Crippen LogP contribution is 2.26. The molecule has 6 heteroatoms. The van der Waals surface area contributed by atoms with Gasteiger partial charge in [-0.1, -0.05) is 35.3 Å². The Morgan fingerprint density at radius 1 is 1.17 bits per heavy atom. The molecule has 0 bridgehead atoms. The number of carbonyl (C=O) groups is 1. The molecular formula is C18H15Cl2N3O. The SMILES string of the molecule is CN(C)c1ccc(/C=C(\C#N)C(=O)Nc2ccc(Cl)cc2Cl)cc1. The average molecular weight is 360 g/mol.